The van der Waals surface area contributed by atoms with Crippen molar-refractivity contribution in [1.29, 1.82) is 0 Å². The van der Waals surface area contributed by atoms with E-state index in [4.69, 9.17) is 5.11 Å². The van der Waals surface area contributed by atoms with Crippen molar-refractivity contribution in [3.8, 4) is 0 Å². The summed E-state index contributed by atoms with van der Waals surface area (Å²) in [6.45, 7) is 1.94. The van der Waals surface area contributed by atoms with E-state index in [0.717, 1.165) is 17.7 Å². The van der Waals surface area contributed by atoms with Gasteiger partial charge in [-0.25, -0.2) is 8.78 Å². The van der Waals surface area contributed by atoms with E-state index in [1.54, 1.807) is 0 Å². The lowest BCUT2D eigenvalue weighted by molar-refractivity contribution is -0.137. The maximum atomic E-state index is 13.3. The van der Waals surface area contributed by atoms with Gasteiger partial charge in [0.05, 0.1) is 6.42 Å². The van der Waals surface area contributed by atoms with Gasteiger partial charge in [-0.1, -0.05) is 36.4 Å². The van der Waals surface area contributed by atoms with Crippen molar-refractivity contribution in [3.63, 3.8) is 0 Å². The Morgan fingerprint density at radius 1 is 1.13 bits per heavy atom. The molecule has 2 aromatic rings. The summed E-state index contributed by atoms with van der Waals surface area (Å²) >= 11 is 0. The van der Waals surface area contributed by atoms with Gasteiger partial charge < -0.3 is 10.4 Å². The lowest BCUT2D eigenvalue weighted by Crippen LogP contribution is -2.35. The molecule has 0 aliphatic rings. The highest BCUT2D eigenvalue weighted by Crippen LogP contribution is 2.16. The van der Waals surface area contributed by atoms with Crippen molar-refractivity contribution in [3.05, 3.63) is 71.3 Å². The minimum atomic E-state index is -0.939. The van der Waals surface area contributed by atoms with E-state index in [0.29, 0.717) is 12.0 Å². The van der Waals surface area contributed by atoms with Crippen molar-refractivity contribution in [2.75, 3.05) is 0 Å². The molecule has 0 aliphatic heterocycles. The molecule has 0 aliphatic carbocycles. The average Bonchev–Trinajstić information content (AvgIpc) is 2.51. The van der Waals surface area contributed by atoms with E-state index in [1.165, 1.54) is 6.07 Å². The van der Waals surface area contributed by atoms with Crippen LogP contribution in [0.5, 0.6) is 0 Å². The predicted octanol–water partition coefficient (Wildman–Crippen LogP) is 3.70. The maximum Gasteiger partial charge on any atom is 0.304 e. The van der Waals surface area contributed by atoms with Crippen LogP contribution in [0.15, 0.2) is 48.5 Å². The molecule has 122 valence electrons. The average molecular weight is 319 g/mol. The highest BCUT2D eigenvalue weighted by atomic mass is 19.2. The van der Waals surface area contributed by atoms with E-state index < -0.39 is 17.6 Å². The van der Waals surface area contributed by atoms with E-state index >= 15 is 0 Å². The van der Waals surface area contributed by atoms with Gasteiger partial charge in [0.15, 0.2) is 11.6 Å². The van der Waals surface area contributed by atoms with Crippen LogP contribution < -0.4 is 5.32 Å². The number of aliphatic carboxylic acids is 1. The van der Waals surface area contributed by atoms with E-state index in [-0.39, 0.29) is 18.5 Å². The minimum Gasteiger partial charge on any atom is -0.481 e. The fourth-order valence-corrected chi connectivity index (χ4v) is 2.54. The Morgan fingerprint density at radius 2 is 1.83 bits per heavy atom. The number of halogens is 2. The van der Waals surface area contributed by atoms with Gasteiger partial charge in [0.1, 0.15) is 0 Å². The topological polar surface area (TPSA) is 49.3 Å². The molecule has 0 amide bonds. The number of rotatable bonds is 7. The molecule has 2 aromatic carbocycles. The standard InChI is InChI=1S/C18H19F2NO2/c1-12(14-5-3-2-4-6-14)21-15(11-18(22)23)9-13-7-8-16(19)17(20)10-13/h2-8,10,12,15,21H,9,11H2,1H3,(H,22,23)/t12-,15-/m1/s1. The summed E-state index contributed by atoms with van der Waals surface area (Å²) in [5.74, 6) is -2.77. The molecule has 0 saturated heterocycles. The molecule has 3 nitrogen and oxygen atoms in total. The van der Waals surface area contributed by atoms with E-state index in [2.05, 4.69) is 5.32 Å². The SMILES string of the molecule is C[C@@H](N[C@@H](CC(=O)O)Cc1ccc(F)c(F)c1)c1ccccc1. The number of carboxylic acid groups (broad SMARTS) is 1. The van der Waals surface area contributed by atoms with Crippen LogP contribution in [0, 0.1) is 11.6 Å². The Bertz CT molecular complexity index is 661. The molecular formula is C18H19F2NO2. The minimum absolute atomic E-state index is 0.0501. The van der Waals surface area contributed by atoms with Gasteiger partial charge in [0.2, 0.25) is 0 Å². The zero-order chi connectivity index (χ0) is 16.8. The first-order valence-electron chi connectivity index (χ1n) is 7.42. The Kier molecular flexibility index (Phi) is 5.82. The van der Waals surface area contributed by atoms with E-state index in [1.807, 2.05) is 37.3 Å². The van der Waals surface area contributed by atoms with Crippen molar-refractivity contribution in [2.24, 2.45) is 0 Å². The molecular weight excluding hydrogens is 300 g/mol. The Labute approximate surface area is 134 Å². The number of nitrogens with one attached hydrogen (secondary N) is 1. The second-order valence-electron chi connectivity index (χ2n) is 5.55. The highest BCUT2D eigenvalue weighted by molar-refractivity contribution is 5.67. The zero-order valence-corrected chi connectivity index (χ0v) is 12.8. The zero-order valence-electron chi connectivity index (χ0n) is 12.8. The largest absolute Gasteiger partial charge is 0.481 e. The monoisotopic (exact) mass is 319 g/mol. The smallest absolute Gasteiger partial charge is 0.304 e. The third kappa shape index (κ3) is 5.14. The Hall–Kier alpha value is -2.27. The van der Waals surface area contributed by atoms with E-state index in [9.17, 15) is 13.6 Å². The molecule has 0 spiro atoms. The molecule has 0 bridgehead atoms. The summed E-state index contributed by atoms with van der Waals surface area (Å²) < 4.78 is 26.3. The predicted molar refractivity (Wildman–Crippen MR) is 84.1 cm³/mol. The van der Waals surface area contributed by atoms with Gasteiger partial charge in [-0.15, -0.1) is 0 Å². The van der Waals surface area contributed by atoms with Crippen LogP contribution in [0.25, 0.3) is 0 Å². The molecule has 0 radical (unpaired) electrons. The Morgan fingerprint density at radius 3 is 2.43 bits per heavy atom. The van der Waals surface area contributed by atoms with Gasteiger partial charge in [-0.05, 0) is 36.6 Å². The third-order valence-electron chi connectivity index (χ3n) is 3.67. The van der Waals surface area contributed by atoms with Crippen LogP contribution in [-0.2, 0) is 11.2 Å². The number of hydrogen-bond acceptors (Lipinski definition) is 2. The number of benzene rings is 2. The van der Waals surface area contributed by atoms with Crippen molar-refractivity contribution >= 4 is 5.97 Å². The summed E-state index contributed by atoms with van der Waals surface area (Å²) in [5.41, 5.74) is 1.59. The van der Waals surface area contributed by atoms with Crippen molar-refractivity contribution in [2.45, 2.75) is 31.8 Å². The van der Waals surface area contributed by atoms with Crippen molar-refractivity contribution < 1.29 is 18.7 Å². The molecule has 23 heavy (non-hydrogen) atoms. The molecule has 0 unspecified atom stereocenters. The van der Waals surface area contributed by atoms with Crippen molar-refractivity contribution in [1.82, 2.24) is 5.32 Å². The summed E-state index contributed by atoms with van der Waals surface area (Å²) in [6, 6.07) is 12.8. The quantitative estimate of drug-likeness (QED) is 0.818. The molecule has 2 rings (SSSR count). The first-order chi connectivity index (χ1) is 11.0. The number of hydrogen-bond donors (Lipinski definition) is 2. The van der Waals surface area contributed by atoms with Crippen LogP contribution in [0.3, 0.4) is 0 Å². The highest BCUT2D eigenvalue weighted by Gasteiger charge is 2.18. The second kappa shape index (κ2) is 7.83. The first kappa shape index (κ1) is 17.1. The fourth-order valence-electron chi connectivity index (χ4n) is 2.54. The molecule has 0 fully saturated rings. The molecule has 0 saturated carbocycles. The second-order valence-corrected chi connectivity index (χ2v) is 5.55. The molecule has 2 atom stereocenters. The number of carbonyl (C=O) groups is 1. The molecule has 2 N–H and O–H groups in total. The molecule has 5 heteroatoms. The Balaban J connectivity index is 2.10. The van der Waals surface area contributed by atoms with Gasteiger partial charge in [0.25, 0.3) is 0 Å². The van der Waals surface area contributed by atoms with Gasteiger partial charge in [0, 0.05) is 12.1 Å². The van der Waals surface area contributed by atoms with Gasteiger partial charge in [-0.3, -0.25) is 4.79 Å². The summed E-state index contributed by atoms with van der Waals surface area (Å²) in [4.78, 5) is 11.1. The normalized spacial score (nSPS) is 13.5. The van der Waals surface area contributed by atoms with Crippen LogP contribution >= 0.6 is 0 Å². The van der Waals surface area contributed by atoms with Crippen LogP contribution in [0.4, 0.5) is 8.78 Å². The number of carboxylic acids is 1. The van der Waals surface area contributed by atoms with Crippen LogP contribution in [0.2, 0.25) is 0 Å². The van der Waals surface area contributed by atoms with Crippen LogP contribution in [0.1, 0.15) is 30.5 Å². The fraction of sp³-hybridized carbons (Fsp3) is 0.278. The van der Waals surface area contributed by atoms with Gasteiger partial charge >= 0.3 is 5.97 Å². The summed E-state index contributed by atoms with van der Waals surface area (Å²) in [6.07, 6.45) is 0.205. The first-order valence-corrected chi connectivity index (χ1v) is 7.42. The van der Waals surface area contributed by atoms with Gasteiger partial charge in [-0.2, -0.15) is 0 Å². The summed E-state index contributed by atoms with van der Waals surface area (Å²) in [5, 5.41) is 12.3. The third-order valence-corrected chi connectivity index (χ3v) is 3.67. The lowest BCUT2D eigenvalue weighted by atomic mass is 10.0. The maximum absolute atomic E-state index is 13.3. The van der Waals surface area contributed by atoms with Crippen LogP contribution in [-0.4, -0.2) is 17.1 Å². The molecule has 0 aromatic heterocycles. The lowest BCUT2D eigenvalue weighted by Gasteiger charge is -2.22. The molecule has 0 heterocycles. The summed E-state index contributed by atoms with van der Waals surface area (Å²) in [7, 11) is 0.